The van der Waals surface area contributed by atoms with Gasteiger partial charge in [0.1, 0.15) is 18.5 Å². The largest absolute Gasteiger partial charge is 0.511 e. The highest BCUT2D eigenvalue weighted by Crippen LogP contribution is 2.40. The van der Waals surface area contributed by atoms with E-state index in [1.165, 1.54) is 12.1 Å². The number of benzene rings is 4. The number of aliphatic carboxylic acids is 1. The predicted octanol–water partition coefficient (Wildman–Crippen LogP) is 9.36. The molecule has 0 amide bonds. The first-order valence-electron chi connectivity index (χ1n) is 16.8. The van der Waals surface area contributed by atoms with Crippen molar-refractivity contribution in [1.29, 1.82) is 0 Å². The second-order valence-electron chi connectivity index (χ2n) is 13.7. The van der Waals surface area contributed by atoms with E-state index in [2.05, 4.69) is 34.6 Å². The monoisotopic (exact) mass is 708 g/mol. The van der Waals surface area contributed by atoms with Crippen molar-refractivity contribution in [2.45, 2.75) is 58.1 Å². The lowest BCUT2D eigenvalue weighted by atomic mass is 9.90. The number of nitrogens with zero attached hydrogens (tertiary/aromatic N) is 1. The maximum Gasteiger partial charge on any atom is 0.511 e. The zero-order chi connectivity index (χ0) is 35.9. The van der Waals surface area contributed by atoms with Crippen LogP contribution >= 0.6 is 8.03 Å². The molecule has 0 aliphatic heterocycles. The van der Waals surface area contributed by atoms with Crippen molar-refractivity contribution in [2.75, 3.05) is 12.8 Å². The third-order valence-electron chi connectivity index (χ3n) is 8.75. The molecule has 0 aliphatic rings. The molecule has 0 fully saturated rings. The fourth-order valence-electron chi connectivity index (χ4n) is 6.57. The number of aromatic nitrogens is 1. The smallest absolute Gasteiger partial charge is 0.481 e. The molecule has 1 heterocycles. The molecule has 1 aromatic heterocycles. The number of hydrogen-bond acceptors (Lipinski definition) is 5. The molecule has 50 heavy (non-hydrogen) atoms. The number of hydrogen-bond donors (Lipinski definition) is 1. The summed E-state index contributed by atoms with van der Waals surface area (Å²) in [6.07, 6.45) is 2.48. The number of pyridine rings is 1. The topological polar surface area (TPSA) is 85.7 Å². The third kappa shape index (κ3) is 8.33. The molecule has 5 rings (SSSR count). The molecule has 0 saturated heterocycles. The SMILES string of the molecule is CC(C)c1nc2ccccc2c(-c2ccc(F)cc2)c1C=CCO[P+](=O)CC(CC(=O)O)O[Si](c1ccccc1)(c1ccccc1)C(C)(C)C. The average Bonchev–Trinajstić information content (AvgIpc) is 3.09. The molecule has 4 aromatic carbocycles. The van der Waals surface area contributed by atoms with Crippen LogP contribution < -0.4 is 10.4 Å². The summed E-state index contributed by atoms with van der Waals surface area (Å²) in [5.41, 5.74) is 4.39. The highest BCUT2D eigenvalue weighted by Gasteiger charge is 2.52. The standard InChI is InChI=1S/C41H43FNO5PSi/c1-29(2)40-36(39(30-22-24-31(42)25-23-30)35-19-12-13-21-37(35)43-40)20-14-26-47-49(46)28-32(27-38(44)45)48-50(41(3,4)5,33-15-8-6-9-16-33)34-17-10-7-11-18-34/h6-25,29,32H,26-28H2,1-5H3/p+1. The maximum atomic E-state index is 13.9. The zero-order valence-corrected chi connectivity index (χ0v) is 31.1. The zero-order valence-electron chi connectivity index (χ0n) is 29.2. The molecule has 258 valence electrons. The number of carbonyl (C=O) groups is 1. The molecule has 5 aromatic rings. The van der Waals surface area contributed by atoms with Crippen molar-refractivity contribution in [1.82, 2.24) is 4.98 Å². The summed E-state index contributed by atoms with van der Waals surface area (Å²) in [7, 11) is -5.39. The van der Waals surface area contributed by atoms with Crippen molar-refractivity contribution in [2.24, 2.45) is 0 Å². The molecule has 2 atom stereocenters. The quantitative estimate of drug-likeness (QED) is 0.0915. The van der Waals surface area contributed by atoms with Crippen molar-refractivity contribution in [3.63, 3.8) is 0 Å². The van der Waals surface area contributed by atoms with Gasteiger partial charge < -0.3 is 9.53 Å². The number of para-hydroxylation sites is 1. The van der Waals surface area contributed by atoms with Crippen LogP contribution in [0.1, 0.15) is 58.2 Å². The average molecular weight is 709 g/mol. The van der Waals surface area contributed by atoms with Gasteiger partial charge in [-0.1, -0.05) is 138 Å². The van der Waals surface area contributed by atoms with E-state index < -0.39 is 28.4 Å². The summed E-state index contributed by atoms with van der Waals surface area (Å²) in [6.45, 7) is 10.5. The van der Waals surface area contributed by atoms with Crippen LogP contribution in [0, 0.1) is 5.82 Å². The second-order valence-corrected chi connectivity index (χ2v) is 19.2. The van der Waals surface area contributed by atoms with Crippen molar-refractivity contribution in [3.8, 4) is 11.1 Å². The third-order valence-corrected chi connectivity index (χ3v) is 15.0. The van der Waals surface area contributed by atoms with Crippen molar-refractivity contribution >= 4 is 49.7 Å². The van der Waals surface area contributed by atoms with Crippen LogP contribution in [-0.2, 0) is 18.3 Å². The second kappa shape index (κ2) is 16.1. The summed E-state index contributed by atoms with van der Waals surface area (Å²) in [4.78, 5) is 17.1. The van der Waals surface area contributed by atoms with Gasteiger partial charge in [0.2, 0.25) is 6.16 Å². The van der Waals surface area contributed by atoms with E-state index in [1.54, 1.807) is 18.2 Å². The summed E-state index contributed by atoms with van der Waals surface area (Å²) in [5, 5.41) is 12.5. The molecular formula is C41H44FNO5PSi+. The highest BCUT2D eigenvalue weighted by molar-refractivity contribution is 7.39. The lowest BCUT2D eigenvalue weighted by Gasteiger charge is -2.44. The predicted molar refractivity (Wildman–Crippen MR) is 203 cm³/mol. The van der Waals surface area contributed by atoms with Gasteiger partial charge in [-0.25, -0.2) is 4.39 Å². The maximum absolute atomic E-state index is 13.9. The molecule has 0 saturated carbocycles. The summed E-state index contributed by atoms with van der Waals surface area (Å²) in [6, 6.07) is 34.2. The van der Waals surface area contributed by atoms with E-state index in [9.17, 15) is 18.9 Å². The molecule has 9 heteroatoms. The van der Waals surface area contributed by atoms with Crippen LogP contribution in [0.25, 0.3) is 28.1 Å². The van der Waals surface area contributed by atoms with Crippen LogP contribution in [0.2, 0.25) is 5.04 Å². The molecule has 0 bridgehead atoms. The Bertz CT molecular complexity index is 1920. The number of fused-ring (bicyclic) bond motifs is 1. The first kappa shape index (κ1) is 36.9. The van der Waals surface area contributed by atoms with Crippen LogP contribution in [0.4, 0.5) is 4.39 Å². The number of halogens is 1. The minimum atomic E-state index is -3.10. The minimum absolute atomic E-state index is 0.0292. The Labute approximate surface area is 296 Å². The Kier molecular flexibility index (Phi) is 11.9. The normalized spacial score (nSPS) is 13.2. The van der Waals surface area contributed by atoms with Gasteiger partial charge in [-0.3, -0.25) is 9.78 Å². The fourth-order valence-corrected chi connectivity index (χ4v) is 12.3. The van der Waals surface area contributed by atoms with Gasteiger partial charge in [0.25, 0.3) is 8.32 Å². The van der Waals surface area contributed by atoms with E-state index in [0.29, 0.717) is 0 Å². The van der Waals surface area contributed by atoms with E-state index in [1.807, 2.05) is 91.0 Å². The van der Waals surface area contributed by atoms with Gasteiger partial charge in [0, 0.05) is 16.5 Å². The highest BCUT2D eigenvalue weighted by atomic mass is 31.1. The lowest BCUT2D eigenvalue weighted by Crippen LogP contribution is -2.68. The Morgan fingerprint density at radius 1 is 0.900 bits per heavy atom. The lowest BCUT2D eigenvalue weighted by molar-refractivity contribution is -0.138. The molecular weight excluding hydrogens is 665 g/mol. The summed E-state index contributed by atoms with van der Waals surface area (Å²) < 4.78 is 40.3. The van der Waals surface area contributed by atoms with Gasteiger partial charge in [-0.2, -0.15) is 0 Å². The molecule has 0 aliphatic carbocycles. The molecule has 1 N–H and O–H groups in total. The number of carboxylic acids is 1. The van der Waals surface area contributed by atoms with Gasteiger partial charge in [-0.05, 0) is 49.7 Å². The van der Waals surface area contributed by atoms with Gasteiger partial charge in [0.15, 0.2) is 0 Å². The van der Waals surface area contributed by atoms with E-state index in [4.69, 9.17) is 13.9 Å². The minimum Gasteiger partial charge on any atom is -0.481 e. The van der Waals surface area contributed by atoms with E-state index in [0.717, 1.165) is 43.7 Å². The van der Waals surface area contributed by atoms with Crippen molar-refractivity contribution < 1.29 is 27.8 Å². The first-order valence-corrected chi connectivity index (χ1v) is 20.1. The van der Waals surface area contributed by atoms with E-state index >= 15 is 0 Å². The Morgan fingerprint density at radius 2 is 1.48 bits per heavy atom. The molecule has 0 radical (unpaired) electrons. The Hall–Kier alpha value is -4.33. The molecule has 2 unspecified atom stereocenters. The van der Waals surface area contributed by atoms with Gasteiger partial charge >= 0.3 is 14.0 Å². The van der Waals surface area contributed by atoms with Crippen LogP contribution in [-0.4, -0.2) is 43.2 Å². The van der Waals surface area contributed by atoms with Crippen LogP contribution in [0.5, 0.6) is 0 Å². The fraction of sp³-hybridized carbons (Fsp3) is 0.268. The van der Waals surface area contributed by atoms with Crippen molar-refractivity contribution in [3.05, 3.63) is 132 Å². The van der Waals surface area contributed by atoms with Crippen LogP contribution in [0.15, 0.2) is 115 Å². The summed E-state index contributed by atoms with van der Waals surface area (Å²) >= 11 is 0. The Balaban J connectivity index is 1.42. The summed E-state index contributed by atoms with van der Waals surface area (Å²) in [5.74, 6) is -1.26. The molecule has 0 spiro atoms. The number of carboxylic acid groups (broad SMARTS) is 1. The Morgan fingerprint density at radius 3 is 2.04 bits per heavy atom. The molecule has 6 nitrogen and oxygen atoms in total. The van der Waals surface area contributed by atoms with Crippen LogP contribution in [0.3, 0.4) is 0 Å². The number of rotatable bonds is 14. The van der Waals surface area contributed by atoms with E-state index in [-0.39, 0.29) is 36.0 Å². The first-order chi connectivity index (χ1) is 23.9. The van der Waals surface area contributed by atoms with Gasteiger partial charge in [-0.15, -0.1) is 4.52 Å². The van der Waals surface area contributed by atoms with Gasteiger partial charge in [0.05, 0.1) is 17.6 Å².